The lowest BCUT2D eigenvalue weighted by atomic mass is 10.1. The van der Waals surface area contributed by atoms with Gasteiger partial charge in [-0.25, -0.2) is 0 Å². The fourth-order valence-corrected chi connectivity index (χ4v) is 3.74. The Balaban J connectivity index is 2.81. The SMILES string of the molecule is CC(C)C(NS(=O)(=O)N1CCCC1C)C(=O)O. The van der Waals surface area contributed by atoms with Gasteiger partial charge in [-0.15, -0.1) is 0 Å². The summed E-state index contributed by atoms with van der Waals surface area (Å²) in [5.41, 5.74) is 0. The summed E-state index contributed by atoms with van der Waals surface area (Å²) in [5.74, 6) is -1.43. The van der Waals surface area contributed by atoms with Crippen LogP contribution < -0.4 is 4.72 Å². The predicted molar refractivity (Wildman–Crippen MR) is 63.7 cm³/mol. The zero-order valence-corrected chi connectivity index (χ0v) is 11.2. The van der Waals surface area contributed by atoms with Gasteiger partial charge in [0.25, 0.3) is 10.2 Å². The number of carbonyl (C=O) groups is 1. The Morgan fingerprint density at radius 2 is 2.06 bits per heavy atom. The summed E-state index contributed by atoms with van der Waals surface area (Å²) in [6.45, 7) is 5.64. The van der Waals surface area contributed by atoms with E-state index in [4.69, 9.17) is 5.11 Å². The van der Waals surface area contributed by atoms with E-state index in [0.717, 1.165) is 12.8 Å². The van der Waals surface area contributed by atoms with Crippen LogP contribution in [-0.2, 0) is 15.0 Å². The molecule has 17 heavy (non-hydrogen) atoms. The maximum absolute atomic E-state index is 12.0. The van der Waals surface area contributed by atoms with Gasteiger partial charge in [0.15, 0.2) is 0 Å². The lowest BCUT2D eigenvalue weighted by molar-refractivity contribution is -0.140. The third kappa shape index (κ3) is 3.40. The fraction of sp³-hybridized carbons (Fsp3) is 0.900. The zero-order valence-electron chi connectivity index (χ0n) is 10.4. The second-order valence-electron chi connectivity index (χ2n) is 4.78. The van der Waals surface area contributed by atoms with Crippen LogP contribution in [0.25, 0.3) is 0 Å². The van der Waals surface area contributed by atoms with Gasteiger partial charge in [0.05, 0.1) is 0 Å². The number of aliphatic carboxylic acids is 1. The Morgan fingerprint density at radius 1 is 1.47 bits per heavy atom. The summed E-state index contributed by atoms with van der Waals surface area (Å²) in [5, 5.41) is 8.97. The molecule has 1 aliphatic rings. The van der Waals surface area contributed by atoms with Crippen LogP contribution in [0.5, 0.6) is 0 Å². The summed E-state index contributed by atoms with van der Waals surface area (Å²) in [6, 6.07) is -1.14. The normalized spacial score (nSPS) is 24.1. The van der Waals surface area contributed by atoms with E-state index in [1.54, 1.807) is 13.8 Å². The van der Waals surface area contributed by atoms with Gasteiger partial charge in [-0.05, 0) is 25.7 Å². The van der Waals surface area contributed by atoms with Crippen molar-refractivity contribution >= 4 is 16.2 Å². The van der Waals surface area contributed by atoms with E-state index in [1.807, 2.05) is 6.92 Å². The molecular formula is C10H20N2O4S. The first-order chi connectivity index (χ1) is 7.75. The second kappa shape index (κ2) is 5.32. The third-order valence-electron chi connectivity index (χ3n) is 3.01. The molecule has 0 aromatic heterocycles. The highest BCUT2D eigenvalue weighted by molar-refractivity contribution is 7.87. The van der Waals surface area contributed by atoms with Crippen LogP contribution in [0.3, 0.4) is 0 Å². The molecule has 0 spiro atoms. The molecule has 7 heteroatoms. The van der Waals surface area contributed by atoms with E-state index in [0.29, 0.717) is 6.54 Å². The molecule has 0 aromatic rings. The van der Waals surface area contributed by atoms with Gasteiger partial charge in [0.1, 0.15) is 6.04 Å². The minimum absolute atomic E-state index is 0.0610. The fourth-order valence-electron chi connectivity index (χ4n) is 1.96. The molecule has 2 atom stereocenters. The molecule has 0 saturated carbocycles. The molecule has 0 aliphatic carbocycles. The lowest BCUT2D eigenvalue weighted by Gasteiger charge is -2.25. The van der Waals surface area contributed by atoms with Crippen molar-refractivity contribution in [2.75, 3.05) is 6.54 Å². The first-order valence-corrected chi connectivity index (χ1v) is 7.21. The Bertz CT molecular complexity index is 380. The van der Waals surface area contributed by atoms with E-state index in [1.165, 1.54) is 4.31 Å². The molecule has 6 nitrogen and oxygen atoms in total. The molecule has 0 aromatic carbocycles. The van der Waals surface area contributed by atoms with Crippen LogP contribution in [0.2, 0.25) is 0 Å². The van der Waals surface area contributed by atoms with Gasteiger partial charge in [-0.1, -0.05) is 13.8 Å². The topological polar surface area (TPSA) is 86.7 Å². The minimum Gasteiger partial charge on any atom is -0.480 e. The van der Waals surface area contributed by atoms with Crippen molar-refractivity contribution in [3.8, 4) is 0 Å². The van der Waals surface area contributed by atoms with Gasteiger partial charge in [0, 0.05) is 12.6 Å². The van der Waals surface area contributed by atoms with Crippen molar-refractivity contribution in [2.24, 2.45) is 5.92 Å². The molecule has 2 N–H and O–H groups in total. The van der Waals surface area contributed by atoms with Crippen LogP contribution in [0.15, 0.2) is 0 Å². The Morgan fingerprint density at radius 3 is 2.41 bits per heavy atom. The highest BCUT2D eigenvalue weighted by Gasteiger charge is 2.35. The van der Waals surface area contributed by atoms with Crippen molar-refractivity contribution in [1.82, 2.24) is 9.03 Å². The maximum Gasteiger partial charge on any atom is 0.322 e. The van der Waals surface area contributed by atoms with Crippen molar-refractivity contribution in [2.45, 2.75) is 45.7 Å². The number of rotatable bonds is 5. The van der Waals surface area contributed by atoms with Crippen molar-refractivity contribution in [3.05, 3.63) is 0 Å². The van der Waals surface area contributed by atoms with Crippen LogP contribution in [0.4, 0.5) is 0 Å². The van der Waals surface area contributed by atoms with Crippen LogP contribution in [-0.4, -0.2) is 42.4 Å². The molecule has 1 saturated heterocycles. The van der Waals surface area contributed by atoms with E-state index in [-0.39, 0.29) is 12.0 Å². The third-order valence-corrected chi connectivity index (χ3v) is 4.72. The smallest absolute Gasteiger partial charge is 0.322 e. The molecule has 0 bridgehead atoms. The van der Waals surface area contributed by atoms with Crippen LogP contribution in [0, 0.1) is 5.92 Å². The maximum atomic E-state index is 12.0. The Kier molecular flexibility index (Phi) is 4.51. The summed E-state index contributed by atoms with van der Waals surface area (Å²) >= 11 is 0. The molecule has 0 radical (unpaired) electrons. The van der Waals surface area contributed by atoms with E-state index in [9.17, 15) is 13.2 Å². The van der Waals surface area contributed by atoms with E-state index >= 15 is 0 Å². The molecule has 2 unspecified atom stereocenters. The van der Waals surface area contributed by atoms with Crippen molar-refractivity contribution in [3.63, 3.8) is 0 Å². The van der Waals surface area contributed by atoms with Gasteiger partial charge < -0.3 is 5.11 Å². The molecule has 1 heterocycles. The highest BCUT2D eigenvalue weighted by atomic mass is 32.2. The Hall–Kier alpha value is -0.660. The molecule has 1 fully saturated rings. The second-order valence-corrected chi connectivity index (χ2v) is 6.44. The quantitative estimate of drug-likeness (QED) is 0.753. The van der Waals surface area contributed by atoms with E-state index < -0.39 is 22.2 Å². The molecule has 1 aliphatic heterocycles. The first-order valence-electron chi connectivity index (χ1n) is 5.77. The lowest BCUT2D eigenvalue weighted by Crippen LogP contribution is -2.51. The minimum atomic E-state index is -3.70. The van der Waals surface area contributed by atoms with Gasteiger partial charge in [-0.2, -0.15) is 17.4 Å². The van der Waals surface area contributed by atoms with Gasteiger partial charge in [-0.3, -0.25) is 4.79 Å². The first kappa shape index (κ1) is 14.4. The standard InChI is InChI=1S/C10H20N2O4S/c1-7(2)9(10(13)14)11-17(15,16)12-6-4-5-8(12)3/h7-9,11H,4-6H2,1-3H3,(H,13,14). The van der Waals surface area contributed by atoms with Gasteiger partial charge >= 0.3 is 5.97 Å². The largest absolute Gasteiger partial charge is 0.480 e. The number of nitrogens with zero attached hydrogens (tertiary/aromatic N) is 1. The predicted octanol–water partition coefficient (Wildman–Crippen LogP) is 0.414. The number of hydrogen-bond acceptors (Lipinski definition) is 3. The average molecular weight is 264 g/mol. The summed E-state index contributed by atoms with van der Waals surface area (Å²) in [4.78, 5) is 11.0. The monoisotopic (exact) mass is 264 g/mol. The molecule has 0 amide bonds. The number of hydrogen-bond donors (Lipinski definition) is 2. The summed E-state index contributed by atoms with van der Waals surface area (Å²) in [7, 11) is -3.70. The molecule has 100 valence electrons. The van der Waals surface area contributed by atoms with Crippen molar-refractivity contribution < 1.29 is 18.3 Å². The van der Waals surface area contributed by atoms with E-state index in [2.05, 4.69) is 4.72 Å². The van der Waals surface area contributed by atoms with Gasteiger partial charge in [0.2, 0.25) is 0 Å². The molecule has 1 rings (SSSR count). The Labute approximate surface area is 102 Å². The summed E-state index contributed by atoms with van der Waals surface area (Å²) < 4.78 is 27.6. The highest BCUT2D eigenvalue weighted by Crippen LogP contribution is 2.20. The summed E-state index contributed by atoms with van der Waals surface area (Å²) in [6.07, 6.45) is 1.64. The van der Waals surface area contributed by atoms with Crippen molar-refractivity contribution in [1.29, 1.82) is 0 Å². The average Bonchev–Trinajstić information content (AvgIpc) is 2.60. The number of carboxylic acids is 1. The van der Waals surface area contributed by atoms with Crippen LogP contribution >= 0.6 is 0 Å². The molecular weight excluding hydrogens is 244 g/mol. The number of carboxylic acid groups (broad SMARTS) is 1. The number of nitrogens with one attached hydrogen (secondary N) is 1. The zero-order chi connectivity index (χ0) is 13.2. The van der Waals surface area contributed by atoms with Crippen LogP contribution in [0.1, 0.15) is 33.6 Å².